The van der Waals surface area contributed by atoms with Gasteiger partial charge in [0.25, 0.3) is 10.3 Å². The second-order valence-electron chi connectivity index (χ2n) is 10.9. The predicted octanol–water partition coefficient (Wildman–Crippen LogP) is 10.3. The Morgan fingerprint density at radius 3 is 1.73 bits per heavy atom. The minimum absolute atomic E-state index is 0. The summed E-state index contributed by atoms with van der Waals surface area (Å²) in [5.41, 5.74) is 1.19. The molecule has 16 nitrogen and oxygen atoms in total. The van der Waals surface area contributed by atoms with Crippen LogP contribution in [-0.2, 0) is 48.6 Å². The van der Waals surface area contributed by atoms with Crippen LogP contribution in [0.2, 0.25) is 0 Å². The molecule has 6 rings (SSSR count). The molecule has 4 heterocycles. The second kappa shape index (κ2) is 19.4. The summed E-state index contributed by atoms with van der Waals surface area (Å²) in [5, 5.41) is 31.0. The first-order valence-electron chi connectivity index (χ1n) is 15.7. The number of rotatable bonds is 12. The molecule has 0 unspecified atom stereocenters. The zero-order chi connectivity index (χ0) is 38.9. The number of fused-ring (bicyclic) bond motifs is 2. The van der Waals surface area contributed by atoms with Crippen LogP contribution in [0.5, 0.6) is 0 Å². The summed E-state index contributed by atoms with van der Waals surface area (Å²) in [5.74, 6) is 0. The van der Waals surface area contributed by atoms with Gasteiger partial charge in [0.05, 0.1) is 11.4 Å². The number of anilines is 2. The molecule has 27 heteroatoms. The second-order valence-corrected chi connectivity index (χ2v) is 14.6. The molecule has 55 heavy (non-hydrogen) atoms. The Balaban J connectivity index is 0.000000240. The quantitative estimate of drug-likeness (QED) is 0.0192. The summed E-state index contributed by atoms with van der Waals surface area (Å²) in [6.45, 7) is 6.99. The first kappa shape index (κ1) is 44.0. The molecule has 2 aliphatic heterocycles. The van der Waals surface area contributed by atoms with Crippen molar-refractivity contribution in [2.75, 3.05) is 36.0 Å². The molecule has 0 aliphatic carbocycles. The van der Waals surface area contributed by atoms with Gasteiger partial charge >= 0.3 is 28.4 Å². The zero-order valence-electron chi connectivity index (χ0n) is 28.3. The number of benzene rings is 2. The molecule has 4 aromatic rings. The predicted molar refractivity (Wildman–Crippen MR) is 190 cm³/mol. The molecule has 2 aromatic carbocycles. The van der Waals surface area contributed by atoms with Crippen LogP contribution in [0.1, 0.15) is 37.8 Å². The largest absolute Gasteiger partial charge is 2.00 e. The van der Waals surface area contributed by atoms with Crippen LogP contribution in [0.15, 0.2) is 55.7 Å². The van der Waals surface area contributed by atoms with E-state index in [1.165, 1.54) is 34.5 Å². The van der Waals surface area contributed by atoms with Gasteiger partial charge in [0.1, 0.15) is 11.0 Å². The van der Waals surface area contributed by atoms with E-state index in [1.807, 2.05) is 24.8 Å². The summed E-state index contributed by atoms with van der Waals surface area (Å²) < 4.78 is 108. The first-order chi connectivity index (χ1) is 25.7. The Morgan fingerprint density at radius 1 is 0.800 bits per heavy atom. The standard InChI is InChI=1S/2C14H14F3N6O2S2.Ni/c1-2-23-5-3-4-9-6-10(19-21-13-20-18-8-26-13)11(7-12(9)23)22-27(24,25)14(15,16)17;1-2-23-5-3-4-9-6-10(19-21-13-20-18-8-26-13)11(7-12(9)23)22-27-25-24-14(15,16)17;/h2*6-8H,2-5H2,1H3;/q2*-1;+2. The van der Waals surface area contributed by atoms with Crippen LogP contribution in [0.3, 0.4) is 0 Å². The number of hydrogen-bond donors (Lipinski definition) is 0. The minimum atomic E-state index is -5.72. The number of nitrogens with zero attached hydrogens (tertiary/aromatic N) is 12. The van der Waals surface area contributed by atoms with Gasteiger partial charge in [-0.15, -0.1) is 58.9 Å². The van der Waals surface area contributed by atoms with Crippen molar-refractivity contribution in [3.8, 4) is 0 Å². The molecule has 2 aromatic heterocycles. The van der Waals surface area contributed by atoms with Gasteiger partial charge in [0.2, 0.25) is 0 Å². The summed E-state index contributed by atoms with van der Waals surface area (Å²) in [7, 11) is -5.72. The van der Waals surface area contributed by atoms with Gasteiger partial charge in [0, 0.05) is 37.6 Å². The molecule has 0 fully saturated rings. The van der Waals surface area contributed by atoms with Gasteiger partial charge < -0.3 is 19.2 Å². The zero-order valence-corrected chi connectivity index (χ0v) is 32.6. The maximum absolute atomic E-state index is 12.8. The van der Waals surface area contributed by atoms with Crippen molar-refractivity contribution >= 4 is 89.3 Å². The molecular weight excluding hydrogens is 869 g/mol. The monoisotopic (exact) mass is 896 g/mol. The molecule has 300 valence electrons. The first-order valence-corrected chi connectivity index (χ1v) is 19.6. The number of aryl methyl sites for hydroxylation is 2. The summed E-state index contributed by atoms with van der Waals surface area (Å²) in [6.07, 6.45) is -1.47. The number of aromatic nitrogens is 4. The van der Waals surface area contributed by atoms with Gasteiger partial charge in [-0.05, 0) is 62.8 Å². The third-order valence-corrected chi connectivity index (χ3v) is 10.1. The molecule has 0 spiro atoms. The van der Waals surface area contributed by atoms with Gasteiger partial charge in [-0.25, -0.2) is 8.42 Å². The van der Waals surface area contributed by atoms with E-state index in [2.05, 4.69) is 64.4 Å². The molecule has 0 bridgehead atoms. The van der Waals surface area contributed by atoms with Crippen molar-refractivity contribution in [3.63, 3.8) is 0 Å². The van der Waals surface area contributed by atoms with Gasteiger partial charge in [-0.3, -0.25) is 0 Å². The number of hydrogen-bond acceptors (Lipinski definition) is 17. The Hall–Kier alpha value is -3.75. The summed E-state index contributed by atoms with van der Waals surface area (Å²) in [4.78, 5) is 7.37. The van der Waals surface area contributed by atoms with E-state index >= 15 is 0 Å². The molecule has 2 aliphatic rings. The van der Waals surface area contributed by atoms with E-state index in [9.17, 15) is 34.8 Å². The molecule has 0 radical (unpaired) electrons. The maximum atomic E-state index is 12.8. The van der Waals surface area contributed by atoms with Gasteiger partial charge in [-0.1, -0.05) is 58.4 Å². The van der Waals surface area contributed by atoms with E-state index < -0.39 is 27.6 Å². The van der Waals surface area contributed by atoms with Gasteiger partial charge in [0.15, 0.2) is 10.0 Å². The molecule has 0 atom stereocenters. The third-order valence-electron chi connectivity index (χ3n) is 7.53. The van der Waals surface area contributed by atoms with Crippen molar-refractivity contribution in [2.24, 2.45) is 20.5 Å². The summed E-state index contributed by atoms with van der Waals surface area (Å²) >= 11 is 2.45. The molecular formula is C28H28F6N12NiO4S4. The fourth-order valence-corrected chi connectivity index (χ4v) is 6.85. The smallest absolute Gasteiger partial charge is 0.603 e. The van der Waals surface area contributed by atoms with Crippen LogP contribution >= 0.6 is 34.9 Å². The van der Waals surface area contributed by atoms with Crippen LogP contribution in [-0.4, -0.2) is 66.9 Å². The topological polar surface area (TPSA) is 188 Å². The van der Waals surface area contributed by atoms with Crippen LogP contribution in [0.25, 0.3) is 9.44 Å². The van der Waals surface area contributed by atoms with Crippen molar-refractivity contribution in [1.82, 2.24) is 20.4 Å². The average Bonchev–Trinajstić information content (AvgIpc) is 3.85. The molecule has 0 saturated carbocycles. The van der Waals surface area contributed by atoms with E-state index in [0.717, 1.165) is 67.0 Å². The van der Waals surface area contributed by atoms with Crippen molar-refractivity contribution in [3.05, 3.63) is 55.9 Å². The Morgan fingerprint density at radius 2 is 1.29 bits per heavy atom. The van der Waals surface area contributed by atoms with Crippen molar-refractivity contribution in [2.45, 2.75) is 51.4 Å². The van der Waals surface area contributed by atoms with E-state index in [1.54, 1.807) is 6.07 Å². The average molecular weight is 898 g/mol. The van der Waals surface area contributed by atoms with Crippen LogP contribution < -0.4 is 9.80 Å². The summed E-state index contributed by atoms with van der Waals surface area (Å²) in [6, 6.07) is 6.42. The SMILES string of the molecule is CCN1CCCc2cc(N=Nc3nncs3)c([N-]S(=O)(=O)C(F)(F)F)cc21.CCN1CCCc2cc(N=Nc3nncs3)c([N-]SOOC(F)(F)F)cc21.[Ni+2]. The maximum Gasteiger partial charge on any atom is 2.00 e. The van der Waals surface area contributed by atoms with Gasteiger partial charge in [-0.2, -0.15) is 17.5 Å². The Kier molecular flexibility index (Phi) is 15.5. The Labute approximate surface area is 332 Å². The fraction of sp³-hybridized carbons (Fsp3) is 0.429. The third kappa shape index (κ3) is 12.1. The number of halogens is 6. The fourth-order valence-electron chi connectivity index (χ4n) is 5.24. The number of alkyl halides is 6. The Bertz CT molecular complexity index is 2030. The molecule has 0 amide bonds. The van der Waals surface area contributed by atoms with Crippen LogP contribution in [0, 0.1) is 0 Å². The molecule has 0 N–H and O–H groups in total. The van der Waals surface area contributed by atoms with Crippen molar-refractivity contribution < 1.29 is 60.5 Å². The van der Waals surface area contributed by atoms with E-state index in [4.69, 9.17) is 0 Å². The van der Waals surface area contributed by atoms with E-state index in [0.29, 0.717) is 35.2 Å². The molecule has 0 saturated heterocycles. The van der Waals surface area contributed by atoms with Crippen LogP contribution in [0.4, 0.5) is 70.7 Å². The number of azo groups is 2. The van der Waals surface area contributed by atoms with E-state index in [-0.39, 0.29) is 39.5 Å². The normalized spacial score (nSPS) is 14.6. The van der Waals surface area contributed by atoms with Crippen molar-refractivity contribution in [1.29, 1.82) is 0 Å². The number of sulfonamides is 1. The minimum Gasteiger partial charge on any atom is -0.603 e.